The number of anilines is 1. The molecule has 2 aromatic heterocycles. The normalized spacial score (nSPS) is 15.4. The molecule has 0 unspecified atom stereocenters. The highest BCUT2D eigenvalue weighted by atomic mass is 19.1. The second-order valence-corrected chi connectivity index (χ2v) is 7.58. The highest BCUT2D eigenvalue weighted by Gasteiger charge is 2.25. The fourth-order valence-electron chi connectivity index (χ4n) is 3.84. The van der Waals surface area contributed by atoms with E-state index in [0.29, 0.717) is 5.92 Å². The summed E-state index contributed by atoms with van der Waals surface area (Å²) in [4.78, 5) is 13.5. The number of piperidine rings is 1. The van der Waals surface area contributed by atoms with Crippen LogP contribution in [0, 0.1) is 5.82 Å². The molecule has 28 heavy (non-hydrogen) atoms. The molecular formula is C21H25FN6. The van der Waals surface area contributed by atoms with E-state index in [-0.39, 0.29) is 5.82 Å². The largest absolute Gasteiger partial charge is 0.355 e. The molecule has 7 heteroatoms. The van der Waals surface area contributed by atoms with Crippen LogP contribution < -0.4 is 4.90 Å². The van der Waals surface area contributed by atoms with Gasteiger partial charge in [-0.3, -0.25) is 10.1 Å². The maximum absolute atomic E-state index is 13.6. The van der Waals surface area contributed by atoms with E-state index in [1.807, 2.05) is 32.6 Å². The molecule has 1 aliphatic rings. The van der Waals surface area contributed by atoms with Gasteiger partial charge in [0, 0.05) is 43.0 Å². The second-order valence-electron chi connectivity index (χ2n) is 7.58. The summed E-state index contributed by atoms with van der Waals surface area (Å²) in [5, 5.41) is 7.39. The zero-order chi connectivity index (χ0) is 19.5. The van der Waals surface area contributed by atoms with E-state index in [2.05, 4.69) is 25.0 Å². The van der Waals surface area contributed by atoms with Gasteiger partial charge in [-0.15, -0.1) is 0 Å². The van der Waals surface area contributed by atoms with E-state index in [9.17, 15) is 4.39 Å². The maximum Gasteiger partial charge on any atom is 0.147 e. The topological polar surface area (TPSA) is 60.9 Å². The zero-order valence-electron chi connectivity index (χ0n) is 16.3. The maximum atomic E-state index is 13.6. The first-order valence-electron chi connectivity index (χ1n) is 9.60. The third-order valence-corrected chi connectivity index (χ3v) is 5.18. The second kappa shape index (κ2) is 8.06. The molecule has 4 rings (SSSR count). The van der Waals surface area contributed by atoms with Crippen molar-refractivity contribution in [2.24, 2.45) is 0 Å². The minimum atomic E-state index is -0.226. The van der Waals surface area contributed by atoms with Gasteiger partial charge in [0.05, 0.1) is 18.1 Å². The Morgan fingerprint density at radius 1 is 1.18 bits per heavy atom. The van der Waals surface area contributed by atoms with Gasteiger partial charge in [-0.25, -0.2) is 9.37 Å². The number of aromatic nitrogens is 4. The summed E-state index contributed by atoms with van der Waals surface area (Å²) in [6, 6.07) is 6.70. The number of nitrogens with zero attached hydrogens (tertiary/aromatic N) is 5. The molecule has 146 valence electrons. The number of aromatic amines is 1. The first-order valence-corrected chi connectivity index (χ1v) is 9.60. The fraction of sp³-hybridized carbons (Fsp3) is 0.381. The Hall–Kier alpha value is -2.80. The van der Waals surface area contributed by atoms with Crippen LogP contribution in [0.1, 0.15) is 30.1 Å². The van der Waals surface area contributed by atoms with Crippen LogP contribution in [0.25, 0.3) is 11.1 Å². The van der Waals surface area contributed by atoms with Crippen molar-refractivity contribution in [1.82, 2.24) is 25.1 Å². The number of benzene rings is 1. The Balaban J connectivity index is 1.46. The molecule has 1 aromatic carbocycles. The van der Waals surface area contributed by atoms with Crippen molar-refractivity contribution in [3.05, 3.63) is 60.1 Å². The molecule has 1 saturated heterocycles. The summed E-state index contributed by atoms with van der Waals surface area (Å²) in [7, 11) is 4.06. The van der Waals surface area contributed by atoms with Crippen molar-refractivity contribution in [1.29, 1.82) is 0 Å². The van der Waals surface area contributed by atoms with Gasteiger partial charge in [-0.1, -0.05) is 12.1 Å². The molecule has 1 fully saturated rings. The van der Waals surface area contributed by atoms with E-state index >= 15 is 0 Å². The molecule has 0 aliphatic carbocycles. The monoisotopic (exact) mass is 380 g/mol. The van der Waals surface area contributed by atoms with Crippen molar-refractivity contribution < 1.29 is 4.39 Å². The molecule has 1 N–H and O–H groups in total. The van der Waals surface area contributed by atoms with Crippen molar-refractivity contribution in [3.8, 4) is 11.1 Å². The summed E-state index contributed by atoms with van der Waals surface area (Å²) in [5.74, 6) is 1.08. The molecule has 0 spiro atoms. The lowest BCUT2D eigenvalue weighted by atomic mass is 9.89. The van der Waals surface area contributed by atoms with Crippen molar-refractivity contribution in [2.45, 2.75) is 25.3 Å². The third kappa shape index (κ3) is 4.04. The Morgan fingerprint density at radius 2 is 2.00 bits per heavy atom. The molecule has 6 nitrogen and oxygen atoms in total. The Labute approximate surface area is 164 Å². The number of nitrogens with one attached hydrogen (secondary N) is 1. The number of hydrogen-bond donors (Lipinski definition) is 1. The molecule has 0 radical (unpaired) electrons. The SMILES string of the molecule is CN(C)Cc1cncc(N2CCC(c3[nH]ncc3-c3cccc(F)c3)CC2)n1. The molecule has 0 amide bonds. The van der Waals surface area contributed by atoms with Crippen LogP contribution in [0.5, 0.6) is 0 Å². The highest BCUT2D eigenvalue weighted by molar-refractivity contribution is 5.66. The van der Waals surface area contributed by atoms with E-state index < -0.39 is 0 Å². The van der Waals surface area contributed by atoms with Gasteiger partial charge in [0.25, 0.3) is 0 Å². The molecular weight excluding hydrogens is 355 g/mol. The molecule has 0 atom stereocenters. The van der Waals surface area contributed by atoms with Gasteiger partial charge >= 0.3 is 0 Å². The number of hydrogen-bond acceptors (Lipinski definition) is 5. The lowest BCUT2D eigenvalue weighted by Gasteiger charge is -2.32. The summed E-state index contributed by atoms with van der Waals surface area (Å²) in [6.07, 6.45) is 7.45. The van der Waals surface area contributed by atoms with E-state index in [1.165, 1.54) is 6.07 Å². The third-order valence-electron chi connectivity index (χ3n) is 5.18. The number of rotatable bonds is 5. The predicted molar refractivity (Wildman–Crippen MR) is 108 cm³/mol. The van der Waals surface area contributed by atoms with E-state index in [4.69, 9.17) is 4.98 Å². The lowest BCUT2D eigenvalue weighted by molar-refractivity contribution is 0.395. The highest BCUT2D eigenvalue weighted by Crippen LogP contribution is 2.34. The predicted octanol–water partition coefficient (Wildman–Crippen LogP) is 3.45. The van der Waals surface area contributed by atoms with Gasteiger partial charge < -0.3 is 9.80 Å². The number of H-pyrrole nitrogens is 1. The summed E-state index contributed by atoms with van der Waals surface area (Å²) < 4.78 is 13.6. The summed E-state index contributed by atoms with van der Waals surface area (Å²) in [6.45, 7) is 2.60. The Morgan fingerprint density at radius 3 is 2.75 bits per heavy atom. The van der Waals surface area contributed by atoms with Crippen molar-refractivity contribution in [3.63, 3.8) is 0 Å². The minimum absolute atomic E-state index is 0.226. The summed E-state index contributed by atoms with van der Waals surface area (Å²) >= 11 is 0. The smallest absolute Gasteiger partial charge is 0.147 e. The van der Waals surface area contributed by atoms with Crippen LogP contribution in [-0.4, -0.2) is 52.3 Å². The quantitative estimate of drug-likeness (QED) is 0.735. The fourth-order valence-corrected chi connectivity index (χ4v) is 3.84. The molecule has 3 aromatic rings. The number of halogens is 1. The van der Waals surface area contributed by atoms with E-state index in [1.54, 1.807) is 18.3 Å². The van der Waals surface area contributed by atoms with Gasteiger partial charge in [0.15, 0.2) is 0 Å². The van der Waals surface area contributed by atoms with Crippen LogP contribution in [0.2, 0.25) is 0 Å². The van der Waals surface area contributed by atoms with E-state index in [0.717, 1.165) is 60.8 Å². The molecule has 0 bridgehead atoms. The van der Waals surface area contributed by atoms with Crippen LogP contribution in [0.3, 0.4) is 0 Å². The van der Waals surface area contributed by atoms with Gasteiger partial charge in [-0.05, 0) is 44.6 Å². The Bertz CT molecular complexity index is 930. The average Bonchev–Trinajstić information content (AvgIpc) is 3.18. The van der Waals surface area contributed by atoms with Gasteiger partial charge in [0.2, 0.25) is 0 Å². The first kappa shape index (κ1) is 18.6. The Kier molecular flexibility index (Phi) is 5.34. The van der Waals surface area contributed by atoms with Crippen molar-refractivity contribution in [2.75, 3.05) is 32.1 Å². The standard InChI is InChI=1S/C21H25FN6/c1-27(2)14-18-11-23-13-20(25-18)28-8-6-15(7-9-28)21-19(12-24-26-21)16-4-3-5-17(22)10-16/h3-5,10-13,15H,6-9,14H2,1-2H3,(H,24,26). The minimum Gasteiger partial charge on any atom is -0.355 e. The lowest BCUT2D eigenvalue weighted by Crippen LogP contribution is -2.34. The molecule has 3 heterocycles. The van der Waals surface area contributed by atoms with Gasteiger partial charge in [-0.2, -0.15) is 5.10 Å². The van der Waals surface area contributed by atoms with Crippen LogP contribution in [-0.2, 0) is 6.54 Å². The van der Waals surface area contributed by atoms with Gasteiger partial charge in [0.1, 0.15) is 11.6 Å². The first-order chi connectivity index (χ1) is 13.6. The summed E-state index contributed by atoms with van der Waals surface area (Å²) in [5.41, 5.74) is 3.93. The molecule has 0 saturated carbocycles. The van der Waals surface area contributed by atoms with Crippen LogP contribution in [0.4, 0.5) is 10.2 Å². The zero-order valence-corrected chi connectivity index (χ0v) is 16.3. The molecule has 1 aliphatic heterocycles. The van der Waals surface area contributed by atoms with Crippen LogP contribution in [0.15, 0.2) is 42.9 Å². The van der Waals surface area contributed by atoms with Crippen LogP contribution >= 0.6 is 0 Å². The average molecular weight is 380 g/mol. The van der Waals surface area contributed by atoms with Crippen molar-refractivity contribution >= 4 is 5.82 Å².